The molecule has 1 aromatic heterocycles. The van der Waals surface area contributed by atoms with E-state index in [1.165, 1.54) is 44.3 Å². The van der Waals surface area contributed by atoms with Crippen LogP contribution in [0.3, 0.4) is 0 Å². The molecule has 0 aliphatic carbocycles. The maximum Gasteiger partial charge on any atom is 0.319 e. The summed E-state index contributed by atoms with van der Waals surface area (Å²) in [6.07, 6.45) is 2.11. The number of anilines is 1. The number of nitro benzene ring substituents is 1. The van der Waals surface area contributed by atoms with Crippen molar-refractivity contribution < 1.29 is 23.9 Å². The van der Waals surface area contributed by atoms with Crippen LogP contribution in [0.2, 0.25) is 0 Å². The van der Waals surface area contributed by atoms with Gasteiger partial charge in [-0.2, -0.15) is 0 Å². The number of hydrogen-bond donors (Lipinski definition) is 2. The molecule has 12 heteroatoms. The lowest BCUT2D eigenvalue weighted by Crippen LogP contribution is -2.39. The van der Waals surface area contributed by atoms with Crippen LogP contribution in [-0.4, -0.2) is 59.2 Å². The lowest BCUT2D eigenvalue weighted by molar-refractivity contribution is -0.384. The summed E-state index contributed by atoms with van der Waals surface area (Å²) in [5, 5.41) is 17.9. The number of methoxy groups -OCH3 is 2. The molecule has 0 unspecified atom stereocenters. The van der Waals surface area contributed by atoms with Crippen LogP contribution in [0, 0.1) is 10.1 Å². The molecule has 40 heavy (non-hydrogen) atoms. The Morgan fingerprint density at radius 3 is 2.60 bits per heavy atom. The summed E-state index contributed by atoms with van der Waals surface area (Å²) in [6.45, 7) is 2.35. The average molecular weight is 545 g/mol. The monoisotopic (exact) mass is 544 g/mol. The highest BCUT2D eigenvalue weighted by Gasteiger charge is 2.25. The molecule has 206 valence electrons. The summed E-state index contributed by atoms with van der Waals surface area (Å²) in [5.74, 6) is 1.29. The van der Waals surface area contributed by atoms with Gasteiger partial charge in [0.2, 0.25) is 5.88 Å². The number of carbonyl (C=O) groups is 1. The molecule has 5 rings (SSSR count). The molecule has 1 aliphatic rings. The van der Waals surface area contributed by atoms with Gasteiger partial charge in [-0.3, -0.25) is 15.0 Å². The Hall–Kier alpha value is -4.97. The summed E-state index contributed by atoms with van der Waals surface area (Å²) in [4.78, 5) is 34.7. The number of benzene rings is 3. The zero-order valence-corrected chi connectivity index (χ0v) is 22.0. The predicted molar refractivity (Wildman–Crippen MR) is 148 cm³/mol. The largest absolute Gasteiger partial charge is 0.493 e. The highest BCUT2D eigenvalue weighted by atomic mass is 16.6. The maximum absolute atomic E-state index is 12.7. The fourth-order valence-corrected chi connectivity index (χ4v) is 4.66. The van der Waals surface area contributed by atoms with Crippen LogP contribution in [0.5, 0.6) is 23.1 Å². The SMILES string of the molecule is COc1cc2ncnc(Oc3ccc(NC(=O)N[C@@H]4CCN(Cc5ccccc5)C4)c([N+](=O)[O-])c3)c2cc1OC. The number of aromatic nitrogens is 2. The number of urea groups is 1. The van der Waals surface area contributed by atoms with Gasteiger partial charge in [0.1, 0.15) is 17.8 Å². The zero-order valence-electron chi connectivity index (χ0n) is 22.0. The molecule has 2 heterocycles. The molecule has 0 bridgehead atoms. The van der Waals surface area contributed by atoms with Gasteiger partial charge in [-0.25, -0.2) is 14.8 Å². The van der Waals surface area contributed by atoms with Gasteiger partial charge in [-0.05, 0) is 30.2 Å². The average Bonchev–Trinajstić information content (AvgIpc) is 3.39. The third-order valence-electron chi connectivity index (χ3n) is 6.59. The minimum absolute atomic E-state index is 0.0490. The van der Waals surface area contributed by atoms with E-state index in [0.29, 0.717) is 28.9 Å². The second-order valence-corrected chi connectivity index (χ2v) is 9.25. The van der Waals surface area contributed by atoms with E-state index in [1.807, 2.05) is 18.2 Å². The Labute approximate surface area is 230 Å². The molecule has 1 aliphatic heterocycles. The van der Waals surface area contributed by atoms with E-state index in [2.05, 4.69) is 37.6 Å². The number of likely N-dealkylation sites (tertiary alicyclic amines) is 1. The van der Waals surface area contributed by atoms with Crippen LogP contribution in [0.1, 0.15) is 12.0 Å². The lowest BCUT2D eigenvalue weighted by atomic mass is 10.2. The van der Waals surface area contributed by atoms with Gasteiger partial charge in [-0.15, -0.1) is 0 Å². The van der Waals surface area contributed by atoms with Crippen molar-refractivity contribution in [3.63, 3.8) is 0 Å². The highest BCUT2D eigenvalue weighted by Crippen LogP contribution is 2.37. The van der Waals surface area contributed by atoms with E-state index < -0.39 is 11.0 Å². The van der Waals surface area contributed by atoms with Gasteiger partial charge >= 0.3 is 6.03 Å². The Kier molecular flexibility index (Phi) is 7.87. The lowest BCUT2D eigenvalue weighted by Gasteiger charge is -2.17. The molecule has 3 aromatic carbocycles. The molecule has 2 N–H and O–H groups in total. The quantitative estimate of drug-likeness (QED) is 0.226. The van der Waals surface area contributed by atoms with E-state index in [9.17, 15) is 14.9 Å². The summed E-state index contributed by atoms with van der Waals surface area (Å²) in [5.41, 5.74) is 1.48. The number of amides is 2. The first-order valence-electron chi connectivity index (χ1n) is 12.6. The van der Waals surface area contributed by atoms with E-state index in [0.717, 1.165) is 19.5 Å². The standard InChI is InChI=1S/C28H28N6O6/c1-38-25-13-21-23(14-26(25)39-2)29-17-30-27(21)40-20-8-9-22(24(12-20)34(36)37)32-28(35)31-19-10-11-33(16-19)15-18-6-4-3-5-7-18/h3-9,12-14,17,19H,10-11,15-16H2,1-2H3,(H2,31,32,35)/t19-/m1/s1. The number of hydrogen-bond acceptors (Lipinski definition) is 9. The first kappa shape index (κ1) is 26.6. The smallest absolute Gasteiger partial charge is 0.319 e. The summed E-state index contributed by atoms with van der Waals surface area (Å²) < 4.78 is 16.6. The van der Waals surface area contributed by atoms with E-state index in [-0.39, 0.29) is 29.0 Å². The van der Waals surface area contributed by atoms with Crippen molar-refractivity contribution in [1.82, 2.24) is 20.2 Å². The second kappa shape index (κ2) is 11.8. The summed E-state index contributed by atoms with van der Waals surface area (Å²) >= 11 is 0. The maximum atomic E-state index is 12.7. The van der Waals surface area contributed by atoms with Crippen molar-refractivity contribution in [2.75, 3.05) is 32.6 Å². The Morgan fingerprint density at radius 2 is 1.85 bits per heavy atom. The molecular weight excluding hydrogens is 516 g/mol. The van der Waals surface area contributed by atoms with Crippen LogP contribution < -0.4 is 24.8 Å². The number of carbonyl (C=O) groups excluding carboxylic acids is 1. The summed E-state index contributed by atoms with van der Waals surface area (Å²) in [6, 6.07) is 17.1. The Morgan fingerprint density at radius 1 is 1.07 bits per heavy atom. The molecule has 0 spiro atoms. The van der Waals surface area contributed by atoms with Gasteiger partial charge < -0.3 is 24.8 Å². The number of fused-ring (bicyclic) bond motifs is 1. The van der Waals surface area contributed by atoms with Crippen molar-refractivity contribution in [2.45, 2.75) is 19.0 Å². The number of rotatable bonds is 9. The normalized spacial score (nSPS) is 15.0. The van der Waals surface area contributed by atoms with Gasteiger partial charge in [0, 0.05) is 31.7 Å². The van der Waals surface area contributed by atoms with Crippen LogP contribution in [0.15, 0.2) is 67.0 Å². The Bertz CT molecular complexity index is 1530. The van der Waals surface area contributed by atoms with E-state index in [4.69, 9.17) is 14.2 Å². The predicted octanol–water partition coefficient (Wildman–Crippen LogP) is 4.74. The van der Waals surface area contributed by atoms with Gasteiger partial charge in [0.25, 0.3) is 5.69 Å². The van der Waals surface area contributed by atoms with Crippen LogP contribution >= 0.6 is 0 Å². The molecule has 1 saturated heterocycles. The molecule has 0 radical (unpaired) electrons. The first-order valence-corrected chi connectivity index (χ1v) is 12.6. The number of ether oxygens (including phenoxy) is 3. The van der Waals surface area contributed by atoms with Crippen LogP contribution in [-0.2, 0) is 6.54 Å². The molecular formula is C28H28N6O6. The van der Waals surface area contributed by atoms with Crippen molar-refractivity contribution in [3.05, 3.63) is 82.7 Å². The van der Waals surface area contributed by atoms with Gasteiger partial charge in [0.15, 0.2) is 11.5 Å². The fourth-order valence-electron chi connectivity index (χ4n) is 4.66. The molecule has 12 nitrogen and oxygen atoms in total. The number of nitrogens with one attached hydrogen (secondary N) is 2. The molecule has 2 amide bonds. The van der Waals surface area contributed by atoms with Crippen molar-refractivity contribution in [2.24, 2.45) is 0 Å². The van der Waals surface area contributed by atoms with Crippen molar-refractivity contribution in [1.29, 1.82) is 0 Å². The molecule has 0 saturated carbocycles. The minimum atomic E-state index is -0.578. The first-order chi connectivity index (χ1) is 19.4. The van der Waals surface area contributed by atoms with Gasteiger partial charge in [0.05, 0.1) is 36.1 Å². The van der Waals surface area contributed by atoms with E-state index in [1.54, 1.807) is 12.1 Å². The minimum Gasteiger partial charge on any atom is -0.493 e. The zero-order chi connectivity index (χ0) is 28.1. The molecule has 1 fully saturated rings. The molecule has 1 atom stereocenters. The Balaban J connectivity index is 1.27. The van der Waals surface area contributed by atoms with Crippen LogP contribution in [0.25, 0.3) is 10.9 Å². The van der Waals surface area contributed by atoms with Crippen molar-refractivity contribution >= 4 is 28.3 Å². The molecule has 4 aromatic rings. The summed E-state index contributed by atoms with van der Waals surface area (Å²) in [7, 11) is 3.03. The van der Waals surface area contributed by atoms with Gasteiger partial charge in [-0.1, -0.05) is 30.3 Å². The van der Waals surface area contributed by atoms with Crippen molar-refractivity contribution in [3.8, 4) is 23.1 Å². The topological polar surface area (TPSA) is 141 Å². The van der Waals surface area contributed by atoms with Crippen LogP contribution in [0.4, 0.5) is 16.2 Å². The third kappa shape index (κ3) is 6.02. The fraction of sp³-hybridized carbons (Fsp3) is 0.250. The second-order valence-electron chi connectivity index (χ2n) is 9.25. The van der Waals surface area contributed by atoms with E-state index >= 15 is 0 Å². The number of nitrogens with zero attached hydrogens (tertiary/aromatic N) is 4. The number of nitro groups is 1. The highest BCUT2D eigenvalue weighted by molar-refractivity contribution is 5.92. The third-order valence-corrected chi connectivity index (χ3v) is 6.59.